The molecule has 2 N–H and O–H groups in total. The lowest BCUT2D eigenvalue weighted by molar-refractivity contribution is -0.122. The Morgan fingerprint density at radius 2 is 2.26 bits per heavy atom. The quantitative estimate of drug-likeness (QED) is 0.722. The first-order valence-corrected chi connectivity index (χ1v) is 6.53. The lowest BCUT2D eigenvalue weighted by Gasteiger charge is -2.13. The van der Waals surface area contributed by atoms with Gasteiger partial charge < -0.3 is 15.4 Å². The highest BCUT2D eigenvalue weighted by molar-refractivity contribution is 6.30. The minimum atomic E-state index is -0.299. The van der Waals surface area contributed by atoms with Crippen molar-refractivity contribution in [1.82, 2.24) is 20.4 Å². The van der Waals surface area contributed by atoms with E-state index >= 15 is 0 Å². The van der Waals surface area contributed by atoms with Crippen LogP contribution in [0, 0.1) is 6.92 Å². The van der Waals surface area contributed by atoms with Gasteiger partial charge in [0.2, 0.25) is 5.91 Å². The summed E-state index contributed by atoms with van der Waals surface area (Å²) in [7, 11) is 3.39. The van der Waals surface area contributed by atoms with Crippen molar-refractivity contribution in [3.05, 3.63) is 16.4 Å². The van der Waals surface area contributed by atoms with Gasteiger partial charge in [-0.2, -0.15) is 5.10 Å². The van der Waals surface area contributed by atoms with Gasteiger partial charge in [-0.25, -0.2) is 0 Å². The molecular weight excluding hydrogens is 268 g/mol. The van der Waals surface area contributed by atoms with Crippen LogP contribution in [-0.4, -0.2) is 42.0 Å². The first kappa shape index (κ1) is 15.9. The van der Waals surface area contributed by atoms with Gasteiger partial charge in [-0.1, -0.05) is 11.6 Å². The fraction of sp³-hybridized carbons (Fsp3) is 0.667. The van der Waals surface area contributed by atoms with Gasteiger partial charge in [0.15, 0.2) is 0 Å². The van der Waals surface area contributed by atoms with E-state index in [0.717, 1.165) is 11.3 Å². The molecule has 0 fully saturated rings. The molecule has 1 rings (SSSR count). The van der Waals surface area contributed by atoms with Gasteiger partial charge in [-0.05, 0) is 13.8 Å². The highest BCUT2D eigenvalue weighted by Crippen LogP contribution is 2.18. The van der Waals surface area contributed by atoms with Crippen molar-refractivity contribution >= 4 is 17.5 Å². The average molecular weight is 289 g/mol. The molecule has 0 aromatic carbocycles. The number of hydrogen-bond acceptors (Lipinski definition) is 4. The molecule has 1 atom stereocenters. The van der Waals surface area contributed by atoms with Gasteiger partial charge in [-0.15, -0.1) is 0 Å². The highest BCUT2D eigenvalue weighted by Gasteiger charge is 2.15. The topological polar surface area (TPSA) is 68.2 Å². The summed E-state index contributed by atoms with van der Waals surface area (Å²) >= 11 is 6.12. The SMILES string of the molecule is COCCNC(=O)C(C)NCc1c(C)nn(C)c1Cl. The molecule has 19 heavy (non-hydrogen) atoms. The Kier molecular flexibility index (Phi) is 6.27. The highest BCUT2D eigenvalue weighted by atomic mass is 35.5. The van der Waals surface area contributed by atoms with E-state index in [9.17, 15) is 4.79 Å². The average Bonchev–Trinajstić information content (AvgIpc) is 2.61. The van der Waals surface area contributed by atoms with E-state index < -0.39 is 0 Å². The van der Waals surface area contributed by atoms with Crippen molar-refractivity contribution in [2.75, 3.05) is 20.3 Å². The molecule has 0 spiro atoms. The molecule has 0 aliphatic rings. The van der Waals surface area contributed by atoms with E-state index in [-0.39, 0.29) is 11.9 Å². The Morgan fingerprint density at radius 1 is 1.58 bits per heavy atom. The fourth-order valence-corrected chi connectivity index (χ4v) is 1.89. The molecule has 0 bridgehead atoms. The number of carbonyl (C=O) groups is 1. The number of aromatic nitrogens is 2. The summed E-state index contributed by atoms with van der Waals surface area (Å²) in [5.74, 6) is -0.0604. The number of aryl methyl sites for hydroxylation is 2. The van der Waals surface area contributed by atoms with Crippen LogP contribution >= 0.6 is 11.6 Å². The standard InChI is InChI=1S/C12H21ClN4O2/c1-8-10(11(13)17(3)16-8)7-15-9(2)12(18)14-5-6-19-4/h9,15H,5-7H2,1-4H3,(H,14,18). The molecule has 0 radical (unpaired) electrons. The van der Waals surface area contributed by atoms with Crippen LogP contribution in [0.1, 0.15) is 18.2 Å². The predicted molar refractivity (Wildman–Crippen MR) is 74.1 cm³/mol. The molecule has 108 valence electrons. The van der Waals surface area contributed by atoms with Gasteiger partial charge in [0.1, 0.15) is 5.15 Å². The first-order chi connectivity index (χ1) is 8.97. The fourth-order valence-electron chi connectivity index (χ4n) is 1.65. The van der Waals surface area contributed by atoms with Crippen LogP contribution < -0.4 is 10.6 Å². The number of carbonyl (C=O) groups excluding carboxylic acids is 1. The van der Waals surface area contributed by atoms with Crippen LogP contribution in [-0.2, 0) is 23.1 Å². The molecule has 7 heteroatoms. The molecule has 0 aliphatic heterocycles. The number of hydrogen-bond donors (Lipinski definition) is 2. The van der Waals surface area contributed by atoms with E-state index in [2.05, 4.69) is 15.7 Å². The minimum Gasteiger partial charge on any atom is -0.383 e. The van der Waals surface area contributed by atoms with Gasteiger partial charge in [0.25, 0.3) is 0 Å². The summed E-state index contributed by atoms with van der Waals surface area (Å²) < 4.78 is 6.49. The maximum Gasteiger partial charge on any atom is 0.236 e. The van der Waals surface area contributed by atoms with E-state index in [1.165, 1.54) is 0 Å². The maximum atomic E-state index is 11.7. The lowest BCUT2D eigenvalue weighted by Crippen LogP contribution is -2.42. The number of ether oxygens (including phenoxy) is 1. The number of amides is 1. The second-order valence-electron chi connectivity index (χ2n) is 4.36. The monoisotopic (exact) mass is 288 g/mol. The van der Waals surface area contributed by atoms with Crippen LogP contribution in [0.25, 0.3) is 0 Å². The molecule has 1 heterocycles. The van der Waals surface area contributed by atoms with Crippen LogP contribution in [0.3, 0.4) is 0 Å². The Balaban J connectivity index is 2.45. The molecule has 1 aromatic rings. The zero-order chi connectivity index (χ0) is 14.4. The Labute approximate surface area is 118 Å². The third-order valence-corrected chi connectivity index (χ3v) is 3.33. The molecular formula is C12H21ClN4O2. The first-order valence-electron chi connectivity index (χ1n) is 6.15. The van der Waals surface area contributed by atoms with Crippen molar-refractivity contribution in [2.24, 2.45) is 7.05 Å². The number of halogens is 1. The second kappa shape index (κ2) is 7.47. The van der Waals surface area contributed by atoms with Crippen molar-refractivity contribution in [2.45, 2.75) is 26.4 Å². The maximum absolute atomic E-state index is 11.7. The van der Waals surface area contributed by atoms with E-state index in [0.29, 0.717) is 24.8 Å². The molecule has 0 saturated heterocycles. The number of nitrogens with zero attached hydrogens (tertiary/aromatic N) is 2. The van der Waals surface area contributed by atoms with E-state index in [1.54, 1.807) is 18.8 Å². The summed E-state index contributed by atoms with van der Waals surface area (Å²) in [6.45, 7) is 5.23. The summed E-state index contributed by atoms with van der Waals surface area (Å²) in [6.07, 6.45) is 0. The van der Waals surface area contributed by atoms with Crippen molar-refractivity contribution in [3.63, 3.8) is 0 Å². The summed E-state index contributed by atoms with van der Waals surface area (Å²) in [4.78, 5) is 11.7. The van der Waals surface area contributed by atoms with Crippen LogP contribution in [0.4, 0.5) is 0 Å². The largest absolute Gasteiger partial charge is 0.383 e. The summed E-state index contributed by atoms with van der Waals surface area (Å²) in [5, 5.41) is 10.7. The molecule has 1 amide bonds. The third kappa shape index (κ3) is 4.49. The molecule has 0 saturated carbocycles. The predicted octanol–water partition coefficient (Wildman–Crippen LogP) is 0.623. The number of nitrogens with one attached hydrogen (secondary N) is 2. The second-order valence-corrected chi connectivity index (χ2v) is 4.72. The smallest absolute Gasteiger partial charge is 0.236 e. The minimum absolute atomic E-state index is 0.0604. The van der Waals surface area contributed by atoms with Gasteiger partial charge in [-0.3, -0.25) is 9.48 Å². The van der Waals surface area contributed by atoms with E-state index in [4.69, 9.17) is 16.3 Å². The van der Waals surface area contributed by atoms with Gasteiger partial charge in [0.05, 0.1) is 18.3 Å². The summed E-state index contributed by atoms with van der Waals surface area (Å²) in [5.41, 5.74) is 1.78. The zero-order valence-electron chi connectivity index (χ0n) is 11.8. The number of rotatable bonds is 7. The Morgan fingerprint density at radius 3 is 2.79 bits per heavy atom. The van der Waals surface area contributed by atoms with E-state index in [1.807, 2.05) is 13.8 Å². The molecule has 1 aromatic heterocycles. The number of methoxy groups -OCH3 is 1. The zero-order valence-corrected chi connectivity index (χ0v) is 12.5. The Hall–Kier alpha value is -1.11. The normalized spacial score (nSPS) is 12.5. The molecule has 0 aliphatic carbocycles. The van der Waals surface area contributed by atoms with Crippen LogP contribution in [0.5, 0.6) is 0 Å². The summed E-state index contributed by atoms with van der Waals surface area (Å²) in [6, 6.07) is -0.299. The lowest BCUT2D eigenvalue weighted by atomic mass is 10.2. The van der Waals surface area contributed by atoms with Crippen LogP contribution in [0.2, 0.25) is 5.15 Å². The van der Waals surface area contributed by atoms with Crippen molar-refractivity contribution in [1.29, 1.82) is 0 Å². The molecule has 1 unspecified atom stereocenters. The van der Waals surface area contributed by atoms with Gasteiger partial charge >= 0.3 is 0 Å². The van der Waals surface area contributed by atoms with Gasteiger partial charge in [0, 0.05) is 32.8 Å². The third-order valence-electron chi connectivity index (χ3n) is 2.85. The van der Waals surface area contributed by atoms with Crippen LogP contribution in [0.15, 0.2) is 0 Å². The van der Waals surface area contributed by atoms with Crippen molar-refractivity contribution in [3.8, 4) is 0 Å². The Bertz CT molecular complexity index is 434. The van der Waals surface area contributed by atoms with Crippen molar-refractivity contribution < 1.29 is 9.53 Å². The molecule has 6 nitrogen and oxygen atoms in total.